The molecule has 2 rings (SSSR count). The van der Waals surface area contributed by atoms with Crippen LogP contribution in [0, 0.1) is 16.0 Å². The van der Waals surface area contributed by atoms with Gasteiger partial charge in [-0.15, -0.1) is 0 Å². The van der Waals surface area contributed by atoms with E-state index in [1.165, 1.54) is 18.2 Å². The maximum absolute atomic E-state index is 11.4. The van der Waals surface area contributed by atoms with Crippen LogP contribution in [0.3, 0.4) is 0 Å². The number of para-hydroxylation sites is 1. The molecule has 1 heterocycles. The van der Waals surface area contributed by atoms with E-state index in [4.69, 9.17) is 0 Å². The van der Waals surface area contributed by atoms with E-state index in [9.17, 15) is 20.0 Å². The molecule has 1 aromatic carbocycles. The van der Waals surface area contributed by atoms with Crippen LogP contribution in [-0.4, -0.2) is 29.1 Å². The third kappa shape index (κ3) is 3.32. The SMILES string of the molecule is CCCC1CCN(c2c(C(=O)O)cccc2[N+](=O)[O-])CC1. The fraction of sp³-hybridized carbons (Fsp3) is 0.533. The Morgan fingerprint density at radius 3 is 2.62 bits per heavy atom. The summed E-state index contributed by atoms with van der Waals surface area (Å²) in [4.78, 5) is 23.9. The Morgan fingerprint density at radius 2 is 2.10 bits per heavy atom. The molecule has 0 spiro atoms. The van der Waals surface area contributed by atoms with Crippen LogP contribution in [0.25, 0.3) is 0 Å². The fourth-order valence-electron chi connectivity index (χ4n) is 3.04. The number of carbonyl (C=O) groups is 1. The largest absolute Gasteiger partial charge is 0.478 e. The van der Waals surface area contributed by atoms with Gasteiger partial charge in [0.2, 0.25) is 0 Å². The third-order valence-electron chi connectivity index (χ3n) is 4.07. The molecule has 6 heteroatoms. The second-order valence-corrected chi connectivity index (χ2v) is 5.45. The molecule has 0 bridgehead atoms. The van der Waals surface area contributed by atoms with Gasteiger partial charge in [0.15, 0.2) is 0 Å². The van der Waals surface area contributed by atoms with E-state index >= 15 is 0 Å². The average Bonchev–Trinajstić information content (AvgIpc) is 2.47. The third-order valence-corrected chi connectivity index (χ3v) is 4.07. The van der Waals surface area contributed by atoms with E-state index in [1.807, 2.05) is 4.90 Å². The van der Waals surface area contributed by atoms with Gasteiger partial charge in [-0.3, -0.25) is 10.1 Å². The molecule has 1 aliphatic rings. The van der Waals surface area contributed by atoms with E-state index in [0.717, 1.165) is 25.7 Å². The molecule has 0 radical (unpaired) electrons. The molecule has 1 aliphatic heterocycles. The molecule has 1 aromatic rings. The summed E-state index contributed by atoms with van der Waals surface area (Å²) in [5.74, 6) is -0.480. The number of hydrogen-bond acceptors (Lipinski definition) is 4. The standard InChI is InChI=1S/C15H20N2O4/c1-2-4-11-7-9-16(10-8-11)14-12(15(18)19)5-3-6-13(14)17(20)21/h3,5-6,11H,2,4,7-10H2,1H3,(H,18,19). The van der Waals surface area contributed by atoms with E-state index in [0.29, 0.717) is 19.0 Å². The van der Waals surface area contributed by atoms with Crippen molar-refractivity contribution in [2.45, 2.75) is 32.6 Å². The van der Waals surface area contributed by atoms with Crippen molar-refractivity contribution in [1.29, 1.82) is 0 Å². The van der Waals surface area contributed by atoms with E-state index in [-0.39, 0.29) is 16.9 Å². The first-order valence-corrected chi connectivity index (χ1v) is 7.30. The molecule has 21 heavy (non-hydrogen) atoms. The number of hydrogen-bond donors (Lipinski definition) is 1. The van der Waals surface area contributed by atoms with Crippen LogP contribution in [0.1, 0.15) is 43.0 Å². The number of anilines is 1. The lowest BCUT2D eigenvalue weighted by molar-refractivity contribution is -0.384. The first-order chi connectivity index (χ1) is 10.0. The Kier molecular flexibility index (Phi) is 4.77. The Hall–Kier alpha value is -2.11. The Labute approximate surface area is 123 Å². The summed E-state index contributed by atoms with van der Waals surface area (Å²) in [6.07, 6.45) is 4.21. The first kappa shape index (κ1) is 15.3. The van der Waals surface area contributed by atoms with Gasteiger partial charge in [-0.25, -0.2) is 4.79 Å². The van der Waals surface area contributed by atoms with Gasteiger partial charge in [0.25, 0.3) is 5.69 Å². The molecule has 6 nitrogen and oxygen atoms in total. The highest BCUT2D eigenvalue weighted by molar-refractivity contribution is 5.97. The molecule has 1 fully saturated rings. The number of aromatic carboxylic acids is 1. The average molecular weight is 292 g/mol. The highest BCUT2D eigenvalue weighted by atomic mass is 16.6. The Balaban J connectivity index is 2.30. The monoisotopic (exact) mass is 292 g/mol. The van der Waals surface area contributed by atoms with Gasteiger partial charge in [0, 0.05) is 19.2 Å². The van der Waals surface area contributed by atoms with Gasteiger partial charge in [-0.1, -0.05) is 25.8 Å². The molecule has 0 amide bonds. The maximum Gasteiger partial charge on any atom is 0.338 e. The number of carboxylic acid groups (broad SMARTS) is 1. The lowest BCUT2D eigenvalue weighted by atomic mass is 9.92. The van der Waals surface area contributed by atoms with E-state index in [2.05, 4.69) is 6.92 Å². The van der Waals surface area contributed by atoms with Gasteiger partial charge < -0.3 is 10.0 Å². The molecular weight excluding hydrogens is 272 g/mol. The smallest absolute Gasteiger partial charge is 0.338 e. The molecule has 0 aromatic heterocycles. The van der Waals surface area contributed by atoms with Gasteiger partial charge in [0.1, 0.15) is 5.69 Å². The highest BCUT2D eigenvalue weighted by Crippen LogP contribution is 2.35. The van der Waals surface area contributed by atoms with Crippen molar-refractivity contribution in [2.75, 3.05) is 18.0 Å². The summed E-state index contributed by atoms with van der Waals surface area (Å²) in [5.41, 5.74) is 0.145. The topological polar surface area (TPSA) is 83.7 Å². The minimum atomic E-state index is -1.12. The zero-order chi connectivity index (χ0) is 15.4. The first-order valence-electron chi connectivity index (χ1n) is 7.30. The molecule has 1 N–H and O–H groups in total. The van der Waals surface area contributed by atoms with Gasteiger partial charge in [0.05, 0.1) is 10.5 Å². The fourth-order valence-corrected chi connectivity index (χ4v) is 3.04. The van der Waals surface area contributed by atoms with E-state index < -0.39 is 10.9 Å². The van der Waals surface area contributed by atoms with Gasteiger partial charge >= 0.3 is 5.97 Å². The van der Waals surface area contributed by atoms with Crippen LogP contribution < -0.4 is 4.90 Å². The Bertz CT molecular complexity index is 504. The number of carboxylic acids is 1. The van der Waals surface area contributed by atoms with Gasteiger partial charge in [-0.05, 0) is 24.8 Å². The normalized spacial score (nSPS) is 16.0. The predicted octanol–water partition coefficient (Wildman–Crippen LogP) is 3.31. The van der Waals surface area contributed by atoms with Crippen LogP contribution in [0.15, 0.2) is 18.2 Å². The number of nitro groups is 1. The molecule has 0 aliphatic carbocycles. The summed E-state index contributed by atoms with van der Waals surface area (Å²) in [5, 5.41) is 20.5. The lowest BCUT2D eigenvalue weighted by Crippen LogP contribution is -2.35. The molecule has 114 valence electrons. The number of benzene rings is 1. The summed E-state index contributed by atoms with van der Waals surface area (Å²) >= 11 is 0. The quantitative estimate of drug-likeness (QED) is 0.665. The minimum Gasteiger partial charge on any atom is -0.478 e. The van der Waals surface area contributed by atoms with Crippen molar-refractivity contribution in [3.05, 3.63) is 33.9 Å². The second kappa shape index (κ2) is 6.56. The van der Waals surface area contributed by atoms with Crippen molar-refractivity contribution < 1.29 is 14.8 Å². The van der Waals surface area contributed by atoms with Crippen LogP contribution in [-0.2, 0) is 0 Å². The van der Waals surface area contributed by atoms with Crippen molar-refractivity contribution >= 4 is 17.3 Å². The van der Waals surface area contributed by atoms with Crippen molar-refractivity contribution in [3.63, 3.8) is 0 Å². The van der Waals surface area contributed by atoms with Crippen molar-refractivity contribution in [1.82, 2.24) is 0 Å². The van der Waals surface area contributed by atoms with E-state index in [1.54, 1.807) is 0 Å². The molecule has 0 saturated carbocycles. The predicted molar refractivity (Wildman–Crippen MR) is 79.9 cm³/mol. The number of rotatable bonds is 5. The summed E-state index contributed by atoms with van der Waals surface area (Å²) in [6.45, 7) is 3.50. The number of piperidine rings is 1. The molecule has 0 atom stereocenters. The molecular formula is C15H20N2O4. The van der Waals surface area contributed by atoms with Crippen LogP contribution in [0.4, 0.5) is 11.4 Å². The lowest BCUT2D eigenvalue weighted by Gasteiger charge is -2.33. The zero-order valence-electron chi connectivity index (χ0n) is 12.1. The van der Waals surface area contributed by atoms with Crippen molar-refractivity contribution in [2.24, 2.45) is 5.92 Å². The summed E-state index contributed by atoms with van der Waals surface area (Å²) in [6, 6.07) is 4.23. The minimum absolute atomic E-state index is 0.0122. The second-order valence-electron chi connectivity index (χ2n) is 5.45. The highest BCUT2D eigenvalue weighted by Gasteiger charge is 2.29. The molecule has 1 saturated heterocycles. The Morgan fingerprint density at radius 1 is 1.43 bits per heavy atom. The summed E-state index contributed by atoms with van der Waals surface area (Å²) in [7, 11) is 0. The zero-order valence-corrected chi connectivity index (χ0v) is 12.1. The van der Waals surface area contributed by atoms with Gasteiger partial charge in [-0.2, -0.15) is 0 Å². The maximum atomic E-state index is 11.4. The van der Waals surface area contributed by atoms with Crippen LogP contribution in [0.2, 0.25) is 0 Å². The summed E-state index contributed by atoms with van der Waals surface area (Å²) < 4.78 is 0. The van der Waals surface area contributed by atoms with Crippen LogP contribution in [0.5, 0.6) is 0 Å². The van der Waals surface area contributed by atoms with Crippen molar-refractivity contribution in [3.8, 4) is 0 Å². The van der Waals surface area contributed by atoms with Crippen LogP contribution >= 0.6 is 0 Å². The molecule has 0 unspecified atom stereocenters. The number of nitrogens with zero attached hydrogens (tertiary/aromatic N) is 2. The number of nitro benzene ring substituents is 1.